The molecule has 0 saturated carbocycles. The zero-order valence-electron chi connectivity index (χ0n) is 11.3. The van der Waals surface area contributed by atoms with Crippen LogP contribution < -0.4 is 11.1 Å². The molecule has 0 saturated heterocycles. The van der Waals surface area contributed by atoms with Gasteiger partial charge in [-0.1, -0.05) is 13.8 Å². The number of non-ortho nitro benzene ring substituents is 1. The lowest BCUT2D eigenvalue weighted by molar-refractivity contribution is -0.384. The van der Waals surface area contributed by atoms with Crippen molar-refractivity contribution in [3.8, 4) is 0 Å². The van der Waals surface area contributed by atoms with Crippen LogP contribution in [0.25, 0.3) is 0 Å². The summed E-state index contributed by atoms with van der Waals surface area (Å²) in [6.45, 7) is 5.06. The Kier molecular flexibility index (Phi) is 5.11. The van der Waals surface area contributed by atoms with Gasteiger partial charge in [-0.2, -0.15) is 0 Å². The number of aliphatic hydroxyl groups is 1. The lowest BCUT2D eigenvalue weighted by Crippen LogP contribution is -2.23. The number of nitrogens with one attached hydrogen (secondary N) is 1. The van der Waals surface area contributed by atoms with Gasteiger partial charge >= 0.3 is 0 Å². The number of hydrogen-bond acceptors (Lipinski definition) is 5. The number of nitrogens with zero attached hydrogens (tertiary/aromatic N) is 1. The summed E-state index contributed by atoms with van der Waals surface area (Å²) >= 11 is 0. The summed E-state index contributed by atoms with van der Waals surface area (Å²) in [5, 5.41) is 22.6. The molecule has 1 aromatic rings. The number of hydrogen-bond donors (Lipinski definition) is 3. The van der Waals surface area contributed by atoms with Crippen LogP contribution in [0.3, 0.4) is 0 Å². The average molecular weight is 267 g/mol. The standard InChI is InChI=1S/C13H21N3O3/c1-13(2,6-3-7-17)9-15-12-5-4-10(16(18)19)8-11(12)14/h4-5,8,15,17H,3,6-7,9,14H2,1-2H3. The molecule has 0 heterocycles. The van der Waals surface area contributed by atoms with Gasteiger partial charge in [0.1, 0.15) is 0 Å². The van der Waals surface area contributed by atoms with Gasteiger partial charge in [-0.05, 0) is 24.3 Å². The molecule has 0 bridgehead atoms. The molecule has 0 aliphatic heterocycles. The van der Waals surface area contributed by atoms with Crippen LogP contribution in [-0.2, 0) is 0 Å². The Bertz CT molecular complexity index is 447. The average Bonchev–Trinajstić information content (AvgIpc) is 2.35. The monoisotopic (exact) mass is 267 g/mol. The number of anilines is 2. The second-order valence-corrected chi connectivity index (χ2v) is 5.37. The summed E-state index contributed by atoms with van der Waals surface area (Å²) in [5.41, 5.74) is 6.86. The smallest absolute Gasteiger partial charge is 0.271 e. The summed E-state index contributed by atoms with van der Waals surface area (Å²) in [4.78, 5) is 10.1. The maximum absolute atomic E-state index is 10.6. The van der Waals surface area contributed by atoms with Crippen LogP contribution in [0, 0.1) is 15.5 Å². The Morgan fingerprint density at radius 1 is 1.47 bits per heavy atom. The number of nitrogen functional groups attached to an aromatic ring is 1. The van der Waals surface area contributed by atoms with E-state index >= 15 is 0 Å². The molecule has 106 valence electrons. The van der Waals surface area contributed by atoms with E-state index in [1.807, 2.05) is 0 Å². The van der Waals surface area contributed by atoms with Crippen molar-refractivity contribution < 1.29 is 10.0 Å². The highest BCUT2D eigenvalue weighted by Gasteiger charge is 2.18. The van der Waals surface area contributed by atoms with Crippen molar-refractivity contribution in [3.05, 3.63) is 28.3 Å². The quantitative estimate of drug-likeness (QED) is 0.400. The minimum absolute atomic E-state index is 0.0115. The molecule has 6 heteroatoms. The minimum Gasteiger partial charge on any atom is -0.397 e. The first-order valence-electron chi connectivity index (χ1n) is 6.24. The Balaban J connectivity index is 2.65. The highest BCUT2D eigenvalue weighted by molar-refractivity contribution is 5.69. The Morgan fingerprint density at radius 2 is 2.16 bits per heavy atom. The first-order valence-corrected chi connectivity index (χ1v) is 6.24. The van der Waals surface area contributed by atoms with Crippen LogP contribution in [0.1, 0.15) is 26.7 Å². The molecule has 0 aliphatic rings. The molecule has 4 N–H and O–H groups in total. The van der Waals surface area contributed by atoms with Crippen LogP contribution in [0.15, 0.2) is 18.2 Å². The van der Waals surface area contributed by atoms with Crippen molar-refractivity contribution in [2.24, 2.45) is 5.41 Å². The molecule has 6 nitrogen and oxygen atoms in total. The molecular formula is C13H21N3O3. The van der Waals surface area contributed by atoms with Crippen LogP contribution in [0.5, 0.6) is 0 Å². The van der Waals surface area contributed by atoms with Crippen molar-refractivity contribution in [3.63, 3.8) is 0 Å². The second-order valence-electron chi connectivity index (χ2n) is 5.37. The Morgan fingerprint density at radius 3 is 2.68 bits per heavy atom. The van der Waals surface area contributed by atoms with Crippen molar-refractivity contribution in [2.75, 3.05) is 24.2 Å². The van der Waals surface area contributed by atoms with Gasteiger partial charge in [0.2, 0.25) is 0 Å². The van der Waals surface area contributed by atoms with Gasteiger partial charge in [0, 0.05) is 25.3 Å². The number of nitrogens with two attached hydrogens (primary N) is 1. The predicted molar refractivity (Wildman–Crippen MR) is 76.1 cm³/mol. The summed E-state index contributed by atoms with van der Waals surface area (Å²) < 4.78 is 0. The van der Waals surface area contributed by atoms with Crippen molar-refractivity contribution in [1.29, 1.82) is 0 Å². The fourth-order valence-electron chi connectivity index (χ4n) is 1.81. The van der Waals surface area contributed by atoms with Gasteiger partial charge < -0.3 is 16.2 Å². The lowest BCUT2D eigenvalue weighted by Gasteiger charge is -2.25. The fraction of sp³-hybridized carbons (Fsp3) is 0.538. The number of rotatable bonds is 7. The largest absolute Gasteiger partial charge is 0.397 e. The van der Waals surface area contributed by atoms with Gasteiger partial charge in [-0.3, -0.25) is 10.1 Å². The third-order valence-electron chi connectivity index (χ3n) is 3.02. The molecule has 0 fully saturated rings. The molecule has 0 amide bonds. The van der Waals surface area contributed by atoms with Gasteiger partial charge in [-0.25, -0.2) is 0 Å². The molecule has 0 spiro atoms. The van der Waals surface area contributed by atoms with Crippen LogP contribution in [0.4, 0.5) is 17.1 Å². The predicted octanol–water partition coefficient (Wildman–Crippen LogP) is 2.39. The van der Waals surface area contributed by atoms with E-state index in [2.05, 4.69) is 19.2 Å². The van der Waals surface area contributed by atoms with Gasteiger partial charge in [0.15, 0.2) is 0 Å². The van der Waals surface area contributed by atoms with E-state index in [1.165, 1.54) is 12.1 Å². The Hall–Kier alpha value is -1.82. The van der Waals surface area contributed by atoms with Crippen molar-refractivity contribution in [2.45, 2.75) is 26.7 Å². The summed E-state index contributed by atoms with van der Waals surface area (Å²) in [6, 6.07) is 4.40. The zero-order chi connectivity index (χ0) is 14.5. The van der Waals surface area contributed by atoms with Crippen LogP contribution >= 0.6 is 0 Å². The van der Waals surface area contributed by atoms with E-state index in [0.29, 0.717) is 17.9 Å². The van der Waals surface area contributed by atoms with E-state index in [0.717, 1.165) is 12.8 Å². The molecule has 0 aliphatic carbocycles. The maximum atomic E-state index is 10.6. The van der Waals surface area contributed by atoms with E-state index in [4.69, 9.17) is 10.8 Å². The molecule has 1 aromatic carbocycles. The number of benzene rings is 1. The molecular weight excluding hydrogens is 246 g/mol. The minimum atomic E-state index is -0.467. The van der Waals surface area contributed by atoms with Gasteiger partial charge in [0.05, 0.1) is 16.3 Å². The maximum Gasteiger partial charge on any atom is 0.271 e. The van der Waals surface area contributed by atoms with Gasteiger partial charge in [-0.15, -0.1) is 0 Å². The van der Waals surface area contributed by atoms with Crippen molar-refractivity contribution >= 4 is 17.1 Å². The normalized spacial score (nSPS) is 11.3. The molecule has 19 heavy (non-hydrogen) atoms. The number of aliphatic hydroxyl groups excluding tert-OH is 1. The first kappa shape index (κ1) is 15.2. The summed E-state index contributed by atoms with van der Waals surface area (Å²) in [7, 11) is 0. The molecule has 0 atom stereocenters. The highest BCUT2D eigenvalue weighted by atomic mass is 16.6. The molecule has 0 unspecified atom stereocenters. The molecule has 1 rings (SSSR count). The van der Waals surface area contributed by atoms with Crippen molar-refractivity contribution in [1.82, 2.24) is 0 Å². The molecule has 0 radical (unpaired) electrons. The first-order chi connectivity index (χ1) is 8.85. The second kappa shape index (κ2) is 6.38. The summed E-state index contributed by atoms with van der Waals surface area (Å²) in [6.07, 6.45) is 1.65. The van der Waals surface area contributed by atoms with E-state index < -0.39 is 4.92 Å². The fourth-order valence-corrected chi connectivity index (χ4v) is 1.81. The molecule has 0 aromatic heterocycles. The lowest BCUT2D eigenvalue weighted by atomic mass is 9.88. The van der Waals surface area contributed by atoms with E-state index in [1.54, 1.807) is 6.07 Å². The van der Waals surface area contributed by atoms with E-state index in [9.17, 15) is 10.1 Å². The van der Waals surface area contributed by atoms with E-state index in [-0.39, 0.29) is 17.7 Å². The highest BCUT2D eigenvalue weighted by Crippen LogP contribution is 2.27. The topological polar surface area (TPSA) is 101 Å². The number of nitro benzene ring substituents is 1. The van der Waals surface area contributed by atoms with Crippen LogP contribution in [-0.4, -0.2) is 23.2 Å². The zero-order valence-corrected chi connectivity index (χ0v) is 11.3. The summed E-state index contributed by atoms with van der Waals surface area (Å²) in [5.74, 6) is 0. The Labute approximate surface area is 112 Å². The third-order valence-corrected chi connectivity index (χ3v) is 3.02. The SMILES string of the molecule is CC(C)(CCCO)CNc1ccc([N+](=O)[O-])cc1N. The number of nitro groups is 1. The van der Waals surface area contributed by atoms with Gasteiger partial charge in [0.25, 0.3) is 5.69 Å². The third kappa shape index (κ3) is 4.75. The van der Waals surface area contributed by atoms with Crippen LogP contribution in [0.2, 0.25) is 0 Å².